The van der Waals surface area contributed by atoms with Crippen molar-refractivity contribution in [2.75, 3.05) is 7.05 Å². The zero-order chi connectivity index (χ0) is 14.9. The van der Waals surface area contributed by atoms with Crippen LogP contribution in [0, 0.1) is 22.2 Å². The quantitative estimate of drug-likeness (QED) is 0.919. The van der Waals surface area contributed by atoms with Gasteiger partial charge in [-0.3, -0.25) is 4.68 Å². The second kappa shape index (κ2) is 4.13. The minimum absolute atomic E-state index is 0.445. The Morgan fingerprint density at radius 1 is 1.19 bits per heavy atom. The van der Waals surface area contributed by atoms with Crippen LogP contribution in [0.25, 0.3) is 0 Å². The van der Waals surface area contributed by atoms with E-state index in [1.807, 2.05) is 11.7 Å². The number of nitrogens with zero attached hydrogens (tertiary/aromatic N) is 2. The number of nitrogens with one attached hydrogen (secondary N) is 1. The van der Waals surface area contributed by atoms with Gasteiger partial charge in [-0.05, 0) is 67.7 Å². The average molecular weight is 287 g/mol. The SMILES string of the molecule is CNC(c1cnn(C)c1)C12CC3CC(C)(CC(C)(C3)C1)C2. The van der Waals surface area contributed by atoms with E-state index in [1.54, 1.807) is 0 Å². The summed E-state index contributed by atoms with van der Waals surface area (Å²) < 4.78 is 1.95. The van der Waals surface area contributed by atoms with Crippen molar-refractivity contribution in [2.45, 2.75) is 58.4 Å². The number of hydrogen-bond donors (Lipinski definition) is 1. The summed E-state index contributed by atoms with van der Waals surface area (Å²) in [6, 6.07) is 0.466. The van der Waals surface area contributed by atoms with Crippen molar-refractivity contribution in [1.29, 1.82) is 0 Å². The fraction of sp³-hybridized carbons (Fsp3) is 0.833. The van der Waals surface area contributed by atoms with Crippen LogP contribution in [0.2, 0.25) is 0 Å². The van der Waals surface area contributed by atoms with Gasteiger partial charge >= 0.3 is 0 Å². The Bertz CT molecular complexity index is 543. The third-order valence-electron chi connectivity index (χ3n) is 6.63. The zero-order valence-electron chi connectivity index (χ0n) is 13.9. The first kappa shape index (κ1) is 13.8. The van der Waals surface area contributed by atoms with Gasteiger partial charge in [0, 0.05) is 24.8 Å². The molecule has 4 bridgehead atoms. The molecule has 1 aromatic rings. The lowest BCUT2D eigenvalue weighted by Gasteiger charge is -2.67. The van der Waals surface area contributed by atoms with Gasteiger partial charge in [0.15, 0.2) is 0 Å². The Balaban J connectivity index is 1.75. The van der Waals surface area contributed by atoms with Gasteiger partial charge in [-0.25, -0.2) is 0 Å². The lowest BCUT2D eigenvalue weighted by Crippen LogP contribution is -2.58. The first-order valence-corrected chi connectivity index (χ1v) is 8.51. The molecular weight excluding hydrogens is 258 g/mol. The van der Waals surface area contributed by atoms with Gasteiger partial charge in [0.2, 0.25) is 0 Å². The fourth-order valence-corrected chi connectivity index (χ4v) is 7.27. The van der Waals surface area contributed by atoms with Crippen molar-refractivity contribution >= 4 is 0 Å². The van der Waals surface area contributed by atoms with Gasteiger partial charge in [-0.2, -0.15) is 5.10 Å². The maximum Gasteiger partial charge on any atom is 0.0537 e. The highest BCUT2D eigenvalue weighted by Crippen LogP contribution is 2.72. The fourth-order valence-electron chi connectivity index (χ4n) is 7.27. The Labute approximate surface area is 128 Å². The smallest absolute Gasteiger partial charge is 0.0537 e. The number of rotatable bonds is 3. The van der Waals surface area contributed by atoms with E-state index in [9.17, 15) is 0 Å². The van der Waals surface area contributed by atoms with Crippen LogP contribution < -0.4 is 5.32 Å². The standard InChI is InChI=1S/C18H29N3/c1-16-5-13-6-17(2,10-16)12-18(7-13,11-16)15(19-3)14-8-20-21(4)9-14/h8-9,13,15,19H,5-7,10-12H2,1-4H3. The van der Waals surface area contributed by atoms with Crippen molar-refractivity contribution in [3.05, 3.63) is 18.0 Å². The topological polar surface area (TPSA) is 29.9 Å². The van der Waals surface area contributed by atoms with E-state index in [0.29, 0.717) is 22.3 Å². The van der Waals surface area contributed by atoms with Gasteiger partial charge < -0.3 is 5.32 Å². The van der Waals surface area contributed by atoms with Crippen LogP contribution in [0.5, 0.6) is 0 Å². The van der Waals surface area contributed by atoms with Crippen molar-refractivity contribution in [3.8, 4) is 0 Å². The highest BCUT2D eigenvalue weighted by atomic mass is 15.2. The molecule has 3 unspecified atom stereocenters. The molecule has 0 amide bonds. The molecule has 1 N–H and O–H groups in total. The van der Waals surface area contributed by atoms with E-state index in [0.717, 1.165) is 5.92 Å². The monoisotopic (exact) mass is 287 g/mol. The van der Waals surface area contributed by atoms with Gasteiger partial charge in [-0.15, -0.1) is 0 Å². The lowest BCUT2D eigenvalue weighted by molar-refractivity contribution is -0.158. The predicted octanol–water partition coefficient (Wildman–Crippen LogP) is 3.68. The Hall–Kier alpha value is -0.830. The molecule has 1 aromatic heterocycles. The molecule has 1 heterocycles. The van der Waals surface area contributed by atoms with E-state index < -0.39 is 0 Å². The minimum Gasteiger partial charge on any atom is -0.312 e. The molecule has 3 nitrogen and oxygen atoms in total. The number of aryl methyl sites for hydroxylation is 1. The molecule has 4 aliphatic carbocycles. The summed E-state index contributed by atoms with van der Waals surface area (Å²) >= 11 is 0. The molecule has 0 aliphatic heterocycles. The second-order valence-electron chi connectivity index (χ2n) is 9.16. The van der Waals surface area contributed by atoms with Gasteiger partial charge in [-0.1, -0.05) is 13.8 Å². The molecule has 3 heteroatoms. The second-order valence-corrected chi connectivity index (χ2v) is 9.16. The van der Waals surface area contributed by atoms with Gasteiger partial charge in [0.1, 0.15) is 0 Å². The zero-order valence-corrected chi connectivity index (χ0v) is 13.9. The molecule has 116 valence electrons. The van der Waals surface area contributed by atoms with Crippen LogP contribution >= 0.6 is 0 Å². The minimum atomic E-state index is 0.445. The van der Waals surface area contributed by atoms with E-state index in [1.165, 1.54) is 44.1 Å². The van der Waals surface area contributed by atoms with Crippen LogP contribution in [0.15, 0.2) is 12.4 Å². The molecule has 4 fully saturated rings. The first-order chi connectivity index (χ1) is 9.85. The normalized spacial score (nSPS) is 46.0. The highest BCUT2D eigenvalue weighted by molar-refractivity contribution is 5.21. The molecule has 5 rings (SSSR count). The van der Waals surface area contributed by atoms with Gasteiger partial charge in [0.25, 0.3) is 0 Å². The van der Waals surface area contributed by atoms with Crippen LogP contribution in [-0.2, 0) is 7.05 Å². The van der Waals surface area contributed by atoms with Crippen molar-refractivity contribution in [1.82, 2.24) is 15.1 Å². The van der Waals surface area contributed by atoms with E-state index in [2.05, 4.69) is 43.7 Å². The maximum atomic E-state index is 4.42. The largest absolute Gasteiger partial charge is 0.312 e. The van der Waals surface area contributed by atoms with Crippen molar-refractivity contribution < 1.29 is 0 Å². The molecule has 21 heavy (non-hydrogen) atoms. The van der Waals surface area contributed by atoms with Crippen molar-refractivity contribution in [2.24, 2.45) is 29.2 Å². The Kier molecular flexibility index (Phi) is 2.71. The molecule has 4 saturated carbocycles. The summed E-state index contributed by atoms with van der Waals surface area (Å²) in [5, 5.41) is 8.09. The summed E-state index contributed by atoms with van der Waals surface area (Å²) in [6.07, 6.45) is 12.9. The molecular formula is C18H29N3. The summed E-state index contributed by atoms with van der Waals surface area (Å²) in [7, 11) is 4.17. The molecule has 4 aliphatic rings. The molecule has 0 radical (unpaired) electrons. The van der Waals surface area contributed by atoms with E-state index >= 15 is 0 Å². The van der Waals surface area contributed by atoms with E-state index in [4.69, 9.17) is 0 Å². The Morgan fingerprint density at radius 3 is 2.33 bits per heavy atom. The molecule has 3 atom stereocenters. The summed E-state index contributed by atoms with van der Waals surface area (Å²) in [5.41, 5.74) is 2.98. The highest BCUT2D eigenvalue weighted by Gasteiger charge is 2.62. The van der Waals surface area contributed by atoms with Gasteiger partial charge in [0.05, 0.1) is 6.20 Å². The maximum absolute atomic E-state index is 4.42. The van der Waals surface area contributed by atoms with Crippen LogP contribution in [-0.4, -0.2) is 16.8 Å². The average Bonchev–Trinajstić information content (AvgIpc) is 2.71. The van der Waals surface area contributed by atoms with E-state index in [-0.39, 0.29) is 0 Å². The predicted molar refractivity (Wildman–Crippen MR) is 84.8 cm³/mol. The van der Waals surface area contributed by atoms with Crippen LogP contribution in [0.3, 0.4) is 0 Å². The van der Waals surface area contributed by atoms with Crippen LogP contribution in [0.1, 0.15) is 64.0 Å². The molecule has 0 saturated heterocycles. The third-order valence-corrected chi connectivity index (χ3v) is 6.63. The lowest BCUT2D eigenvalue weighted by atomic mass is 9.39. The van der Waals surface area contributed by atoms with Crippen LogP contribution in [0.4, 0.5) is 0 Å². The van der Waals surface area contributed by atoms with Crippen molar-refractivity contribution in [3.63, 3.8) is 0 Å². The molecule has 0 spiro atoms. The third kappa shape index (κ3) is 2.00. The molecule has 0 aromatic carbocycles. The summed E-state index contributed by atoms with van der Waals surface area (Å²) in [6.45, 7) is 5.11. The Morgan fingerprint density at radius 2 is 1.86 bits per heavy atom. The number of hydrogen-bond acceptors (Lipinski definition) is 2. The summed E-state index contributed by atoms with van der Waals surface area (Å²) in [4.78, 5) is 0. The number of aromatic nitrogens is 2. The summed E-state index contributed by atoms with van der Waals surface area (Å²) in [5.74, 6) is 0.948. The first-order valence-electron chi connectivity index (χ1n) is 8.51.